The molecule has 194 valence electrons. The molecule has 2 bridgehead atoms. The van der Waals surface area contributed by atoms with Crippen molar-refractivity contribution >= 4 is 98.7 Å². The molecule has 14 heteroatoms. The minimum Gasteiger partial charge on any atom is -0.321 e. The summed E-state index contributed by atoms with van der Waals surface area (Å²) in [7, 11) is 0. The second-order valence-electron chi connectivity index (χ2n) is 8.64. The molecule has 5 rings (SSSR count). The lowest BCUT2D eigenvalue weighted by molar-refractivity contribution is -0.137. The van der Waals surface area contributed by atoms with Gasteiger partial charge in [0, 0.05) is 5.56 Å². The number of carbonyl (C=O) groups is 3. The Kier molecular flexibility index (Phi) is 6.11. The normalized spacial score (nSPS) is 30.2. The van der Waals surface area contributed by atoms with Crippen LogP contribution in [0.2, 0.25) is 0 Å². The Balaban J connectivity index is 1.49. The molecule has 1 saturated heterocycles. The van der Waals surface area contributed by atoms with Gasteiger partial charge in [0.15, 0.2) is 4.33 Å². The van der Waals surface area contributed by atoms with Crippen molar-refractivity contribution in [1.82, 2.24) is 0 Å². The van der Waals surface area contributed by atoms with E-state index in [9.17, 15) is 27.6 Å². The van der Waals surface area contributed by atoms with Gasteiger partial charge in [-0.2, -0.15) is 13.2 Å². The van der Waals surface area contributed by atoms with E-state index < -0.39 is 61.1 Å². The summed E-state index contributed by atoms with van der Waals surface area (Å²) in [5.74, 6) is -5.32. The SMILES string of the molecule is O=C(Nc1ccccc1C(F)(F)F)c1cccc(N2C(=O)[C@H]3[C@H](C2=O)[C@@]2(Cl)C(Cl)=C(Cl)[C@@]3(Cl)C2(Cl)Cl)c1. The summed E-state index contributed by atoms with van der Waals surface area (Å²) in [6, 6.07) is 9.60. The average molecular weight is 633 g/mol. The second-order valence-corrected chi connectivity index (χ2v) is 11.9. The number of halogens is 9. The molecule has 0 unspecified atom stereocenters. The van der Waals surface area contributed by atoms with Gasteiger partial charge in [-0.1, -0.05) is 64.6 Å². The van der Waals surface area contributed by atoms with E-state index in [0.717, 1.165) is 23.1 Å². The molecule has 37 heavy (non-hydrogen) atoms. The van der Waals surface area contributed by atoms with Gasteiger partial charge >= 0.3 is 6.18 Å². The van der Waals surface area contributed by atoms with Crippen LogP contribution in [0.3, 0.4) is 0 Å². The molecule has 0 aromatic heterocycles. The number of alkyl halides is 7. The maximum atomic E-state index is 13.5. The van der Waals surface area contributed by atoms with Crippen LogP contribution in [0.25, 0.3) is 0 Å². The van der Waals surface area contributed by atoms with E-state index >= 15 is 0 Å². The van der Waals surface area contributed by atoms with Crippen LogP contribution in [0.1, 0.15) is 15.9 Å². The summed E-state index contributed by atoms with van der Waals surface area (Å²) in [5, 5.41) is 1.70. The topological polar surface area (TPSA) is 66.5 Å². The Hall–Kier alpha value is -1.68. The van der Waals surface area contributed by atoms with Gasteiger partial charge in [0.05, 0.1) is 38.8 Å². The largest absolute Gasteiger partial charge is 0.418 e. The number of para-hydroxylation sites is 1. The Labute approximate surface area is 237 Å². The van der Waals surface area contributed by atoms with Crippen molar-refractivity contribution in [3.8, 4) is 0 Å². The molecule has 2 fully saturated rings. The van der Waals surface area contributed by atoms with Gasteiger partial charge in [-0.3, -0.25) is 14.4 Å². The zero-order chi connectivity index (χ0) is 27.3. The first-order chi connectivity index (χ1) is 17.1. The van der Waals surface area contributed by atoms with Gasteiger partial charge < -0.3 is 5.32 Å². The van der Waals surface area contributed by atoms with Crippen LogP contribution in [0.5, 0.6) is 0 Å². The number of benzene rings is 2. The molecule has 5 nitrogen and oxygen atoms in total. The lowest BCUT2D eigenvalue weighted by Gasteiger charge is -2.34. The van der Waals surface area contributed by atoms with Crippen LogP contribution in [-0.4, -0.2) is 31.8 Å². The molecule has 1 N–H and O–H groups in total. The highest BCUT2D eigenvalue weighted by Gasteiger charge is 2.87. The van der Waals surface area contributed by atoms with Crippen molar-refractivity contribution in [2.75, 3.05) is 10.2 Å². The highest BCUT2D eigenvalue weighted by atomic mass is 35.5. The number of hydrogen-bond acceptors (Lipinski definition) is 3. The van der Waals surface area contributed by atoms with Crippen molar-refractivity contribution in [3.05, 3.63) is 69.7 Å². The summed E-state index contributed by atoms with van der Waals surface area (Å²) >= 11 is 38.8. The fourth-order valence-corrected chi connectivity index (χ4v) is 8.00. The molecule has 0 spiro atoms. The number of nitrogens with zero attached hydrogens (tertiary/aromatic N) is 1. The third-order valence-corrected chi connectivity index (χ3v) is 11.0. The first kappa shape index (κ1) is 26.9. The Bertz CT molecular complexity index is 1380. The van der Waals surface area contributed by atoms with Crippen molar-refractivity contribution in [2.45, 2.75) is 20.3 Å². The van der Waals surface area contributed by atoms with E-state index in [-0.39, 0.29) is 21.3 Å². The molecule has 0 radical (unpaired) electrons. The Morgan fingerprint density at radius 2 is 1.41 bits per heavy atom. The van der Waals surface area contributed by atoms with Gasteiger partial charge in [-0.25, -0.2) is 4.90 Å². The summed E-state index contributed by atoms with van der Waals surface area (Å²) < 4.78 is 37.8. The predicted octanol–water partition coefficient (Wildman–Crippen LogP) is 6.91. The molecular weight excluding hydrogens is 622 g/mol. The minimum atomic E-state index is -4.71. The van der Waals surface area contributed by atoms with E-state index in [4.69, 9.17) is 69.6 Å². The average Bonchev–Trinajstić information content (AvgIpc) is 3.22. The number of hydrogen-bond donors (Lipinski definition) is 1. The quantitative estimate of drug-likeness (QED) is 0.296. The molecule has 2 aliphatic carbocycles. The minimum absolute atomic E-state index is 0.0527. The van der Waals surface area contributed by atoms with Crippen molar-refractivity contribution in [2.24, 2.45) is 11.8 Å². The highest BCUT2D eigenvalue weighted by Crippen LogP contribution is 2.77. The summed E-state index contributed by atoms with van der Waals surface area (Å²) in [5.41, 5.74) is -1.69. The third kappa shape index (κ3) is 3.36. The van der Waals surface area contributed by atoms with Gasteiger partial charge in [0.1, 0.15) is 9.75 Å². The van der Waals surface area contributed by atoms with Crippen LogP contribution in [0, 0.1) is 11.8 Å². The van der Waals surface area contributed by atoms with Crippen molar-refractivity contribution in [1.29, 1.82) is 0 Å². The Morgan fingerprint density at radius 1 is 0.865 bits per heavy atom. The van der Waals surface area contributed by atoms with E-state index in [0.29, 0.717) is 0 Å². The number of carbonyl (C=O) groups excluding carboxylic acids is 3. The molecule has 1 heterocycles. The van der Waals surface area contributed by atoms with Gasteiger partial charge in [-0.15, -0.1) is 23.2 Å². The number of amides is 3. The van der Waals surface area contributed by atoms with Gasteiger partial charge in [0.2, 0.25) is 11.8 Å². The molecule has 4 atom stereocenters. The molecule has 1 saturated carbocycles. The van der Waals surface area contributed by atoms with Crippen LogP contribution in [0.15, 0.2) is 58.6 Å². The summed E-state index contributed by atoms with van der Waals surface area (Å²) in [6.45, 7) is 0. The fourth-order valence-electron chi connectivity index (χ4n) is 5.07. The maximum absolute atomic E-state index is 13.5. The zero-order valence-corrected chi connectivity index (χ0v) is 22.4. The number of allylic oxidation sites excluding steroid dienone is 2. The standard InChI is InChI=1S/C23H11Cl6F3N2O3/c24-15-16(25)21(27)14-13(20(15,26)23(21,28)29)18(36)34(19(14)37)10-5-3-4-9(8-10)17(35)33-12-7-2-1-6-11(12)22(30,31)32/h1-8,13-14H,(H,33,35)/t13-,14-,20-,21-/m1/s1. The zero-order valence-electron chi connectivity index (χ0n) is 17.8. The van der Waals surface area contributed by atoms with E-state index in [2.05, 4.69) is 5.32 Å². The van der Waals surface area contributed by atoms with Crippen LogP contribution in [-0.2, 0) is 15.8 Å². The third-order valence-electron chi connectivity index (χ3n) is 6.76. The summed E-state index contributed by atoms with van der Waals surface area (Å²) in [4.78, 5) is 36.6. The monoisotopic (exact) mass is 630 g/mol. The number of rotatable bonds is 3. The molecule has 2 aromatic carbocycles. The van der Waals surface area contributed by atoms with Crippen molar-refractivity contribution < 1.29 is 27.6 Å². The molecular formula is C23H11Cl6F3N2O3. The number of nitrogens with one attached hydrogen (secondary N) is 1. The van der Waals surface area contributed by atoms with E-state index in [1.165, 1.54) is 30.3 Å². The first-order valence-electron chi connectivity index (χ1n) is 10.4. The number of anilines is 2. The Morgan fingerprint density at radius 3 is 1.95 bits per heavy atom. The van der Waals surface area contributed by atoms with Crippen LogP contribution in [0.4, 0.5) is 24.5 Å². The highest BCUT2D eigenvalue weighted by molar-refractivity contribution is 6.67. The number of fused-ring (bicyclic) bond motifs is 5. The number of imide groups is 1. The van der Waals surface area contributed by atoms with Gasteiger partial charge in [-0.05, 0) is 30.3 Å². The van der Waals surface area contributed by atoms with Crippen LogP contribution < -0.4 is 10.2 Å². The molecule has 3 amide bonds. The second kappa shape index (κ2) is 8.41. The lowest BCUT2D eigenvalue weighted by Crippen LogP contribution is -2.50. The molecule has 3 aliphatic rings. The smallest absolute Gasteiger partial charge is 0.321 e. The molecule has 2 aromatic rings. The lowest BCUT2D eigenvalue weighted by atomic mass is 9.84. The van der Waals surface area contributed by atoms with E-state index in [1.807, 2.05) is 0 Å². The summed E-state index contributed by atoms with van der Waals surface area (Å²) in [6.07, 6.45) is -4.71. The van der Waals surface area contributed by atoms with E-state index in [1.54, 1.807) is 0 Å². The maximum Gasteiger partial charge on any atom is 0.418 e. The predicted molar refractivity (Wildman–Crippen MR) is 136 cm³/mol. The first-order valence-corrected chi connectivity index (χ1v) is 12.6. The van der Waals surface area contributed by atoms with Crippen LogP contribution >= 0.6 is 69.6 Å². The fraction of sp³-hybridized carbons (Fsp3) is 0.261. The van der Waals surface area contributed by atoms with Crippen molar-refractivity contribution in [3.63, 3.8) is 0 Å². The molecule has 1 aliphatic heterocycles. The van der Waals surface area contributed by atoms with Gasteiger partial charge in [0.25, 0.3) is 5.91 Å².